The molecule has 0 radical (unpaired) electrons. The summed E-state index contributed by atoms with van der Waals surface area (Å²) in [7, 11) is 1.51. The van der Waals surface area contributed by atoms with Crippen LogP contribution < -0.4 is 15.9 Å². The van der Waals surface area contributed by atoms with Crippen molar-refractivity contribution in [1.29, 1.82) is 0 Å². The Morgan fingerprint density at radius 2 is 1.89 bits per heavy atom. The molecular weight excluding hydrogens is 483 g/mol. The first-order chi connectivity index (χ1) is 17.7. The summed E-state index contributed by atoms with van der Waals surface area (Å²) in [6, 6.07) is 16.7. The lowest BCUT2D eigenvalue weighted by atomic mass is 10.1. The molecule has 188 valence electrons. The molecule has 2 aromatic carbocycles. The Bertz CT molecular complexity index is 1540. The van der Waals surface area contributed by atoms with E-state index in [4.69, 9.17) is 10.5 Å². The highest BCUT2D eigenvalue weighted by molar-refractivity contribution is 6.08. The molecule has 0 atom stereocenters. The van der Waals surface area contributed by atoms with Crippen LogP contribution in [-0.2, 0) is 6.18 Å². The number of pyridine rings is 1. The van der Waals surface area contributed by atoms with E-state index in [-0.39, 0.29) is 17.1 Å². The quantitative estimate of drug-likeness (QED) is 0.359. The normalized spacial score (nSPS) is 12.5. The van der Waals surface area contributed by atoms with E-state index in [1.54, 1.807) is 25.3 Å². The van der Waals surface area contributed by atoms with E-state index in [1.165, 1.54) is 42.3 Å². The number of nitrogens with zero attached hydrogens (tertiary/aromatic N) is 4. The van der Waals surface area contributed by atoms with Crippen molar-refractivity contribution in [2.24, 2.45) is 10.7 Å². The molecule has 2 heterocycles. The molecule has 0 bridgehead atoms. The number of hydrogen-bond donors (Lipinski definition) is 1. The van der Waals surface area contributed by atoms with E-state index in [0.717, 1.165) is 23.4 Å². The van der Waals surface area contributed by atoms with E-state index in [0.29, 0.717) is 17.1 Å². The third-order valence-corrected chi connectivity index (χ3v) is 5.23. The van der Waals surface area contributed by atoms with Crippen molar-refractivity contribution in [3.8, 4) is 22.7 Å². The lowest BCUT2D eigenvalue weighted by molar-refractivity contribution is -0.137. The Kier molecular flexibility index (Phi) is 7.19. The molecular formula is C27H22F3N5O2. The van der Waals surface area contributed by atoms with Crippen LogP contribution >= 0.6 is 0 Å². The Morgan fingerprint density at radius 1 is 1.08 bits per heavy atom. The average molecular weight is 506 g/mol. The van der Waals surface area contributed by atoms with Gasteiger partial charge in [-0.15, -0.1) is 0 Å². The molecule has 0 aliphatic rings. The molecule has 0 saturated heterocycles. The van der Waals surface area contributed by atoms with Gasteiger partial charge in [0.15, 0.2) is 5.69 Å². The molecule has 0 aliphatic carbocycles. The summed E-state index contributed by atoms with van der Waals surface area (Å²) in [5.74, 6) is 0.465. The lowest BCUT2D eigenvalue weighted by Gasteiger charge is -2.13. The van der Waals surface area contributed by atoms with Crippen LogP contribution in [0.25, 0.3) is 16.9 Å². The van der Waals surface area contributed by atoms with Crippen molar-refractivity contribution in [3.63, 3.8) is 0 Å². The molecule has 0 aliphatic heterocycles. The second-order valence-corrected chi connectivity index (χ2v) is 8.01. The van der Waals surface area contributed by atoms with E-state index in [9.17, 15) is 18.0 Å². The summed E-state index contributed by atoms with van der Waals surface area (Å²) >= 11 is 0. The molecule has 2 N–H and O–H groups in total. The van der Waals surface area contributed by atoms with Gasteiger partial charge in [-0.05, 0) is 55.5 Å². The van der Waals surface area contributed by atoms with Crippen LogP contribution in [0.5, 0.6) is 5.75 Å². The number of nitrogens with two attached hydrogens (primary N) is 1. The van der Waals surface area contributed by atoms with E-state index >= 15 is 0 Å². The monoisotopic (exact) mass is 505 g/mol. The Labute approximate surface area is 210 Å². The average Bonchev–Trinajstić information content (AvgIpc) is 2.88. The molecule has 4 rings (SSSR count). The Hall–Kier alpha value is -4.73. The summed E-state index contributed by atoms with van der Waals surface area (Å²) in [4.78, 5) is 21.4. The topological polar surface area (TPSA) is 95.4 Å². The summed E-state index contributed by atoms with van der Waals surface area (Å²) in [6.07, 6.45) is -0.00865. The zero-order valence-electron chi connectivity index (χ0n) is 19.9. The highest BCUT2D eigenvalue weighted by Gasteiger charge is 2.30. The summed E-state index contributed by atoms with van der Waals surface area (Å²) in [5.41, 5.74) is 6.79. The number of methoxy groups -OCH3 is 1. The number of aliphatic imine (C=N–C) groups is 1. The first-order valence-corrected chi connectivity index (χ1v) is 11.1. The number of ether oxygens (including phenoxy) is 1. The molecule has 0 spiro atoms. The standard InChI is InChI=1S/C27H22F3N5O2/c1-17(31)14-22(33-20-7-5-6-19(16-20)27(28,29)30)26-24(36)11-13-35(34-26)23-10-9-18(15-25(23)37-2)21-8-3-4-12-32-21/h3-16H,31H2,1-2H3. The van der Waals surface area contributed by atoms with Gasteiger partial charge in [-0.3, -0.25) is 9.78 Å². The minimum atomic E-state index is -4.54. The highest BCUT2D eigenvalue weighted by atomic mass is 19.4. The van der Waals surface area contributed by atoms with Gasteiger partial charge in [0, 0.05) is 29.7 Å². The van der Waals surface area contributed by atoms with E-state index in [1.807, 2.05) is 24.3 Å². The fourth-order valence-electron chi connectivity index (χ4n) is 3.54. The minimum Gasteiger partial charge on any atom is -0.494 e. The molecule has 0 saturated carbocycles. The number of hydrogen-bond acceptors (Lipinski definition) is 6. The molecule has 2 aromatic heterocycles. The van der Waals surface area contributed by atoms with Crippen molar-refractivity contribution < 1.29 is 17.9 Å². The summed E-state index contributed by atoms with van der Waals surface area (Å²) in [6.45, 7) is 1.57. The molecule has 7 nitrogen and oxygen atoms in total. The third kappa shape index (κ3) is 5.92. The van der Waals surface area contributed by atoms with Gasteiger partial charge in [-0.1, -0.05) is 18.2 Å². The Balaban J connectivity index is 1.82. The largest absolute Gasteiger partial charge is 0.494 e. The summed E-state index contributed by atoms with van der Waals surface area (Å²) in [5, 5.41) is 4.43. The van der Waals surface area contributed by atoms with E-state index < -0.39 is 17.2 Å². The van der Waals surface area contributed by atoms with Crippen LogP contribution in [0.1, 0.15) is 18.2 Å². The number of halogens is 3. The van der Waals surface area contributed by atoms with E-state index in [2.05, 4.69) is 15.1 Å². The number of alkyl halides is 3. The van der Waals surface area contributed by atoms with Gasteiger partial charge in [-0.25, -0.2) is 9.67 Å². The molecule has 0 fully saturated rings. The number of rotatable bonds is 6. The number of allylic oxidation sites excluding steroid dienone is 2. The smallest absolute Gasteiger partial charge is 0.416 e. The van der Waals surface area contributed by atoms with Crippen LogP contribution in [0, 0.1) is 0 Å². The van der Waals surface area contributed by atoms with Crippen LogP contribution in [0.15, 0.2) is 101 Å². The number of benzene rings is 2. The first kappa shape index (κ1) is 25.4. The molecule has 0 amide bonds. The van der Waals surface area contributed by atoms with Crippen LogP contribution in [0.3, 0.4) is 0 Å². The fourth-order valence-corrected chi connectivity index (χ4v) is 3.54. The molecule has 10 heteroatoms. The van der Waals surface area contributed by atoms with Gasteiger partial charge < -0.3 is 10.5 Å². The van der Waals surface area contributed by atoms with Crippen LogP contribution in [0.2, 0.25) is 0 Å². The zero-order valence-corrected chi connectivity index (χ0v) is 19.9. The second kappa shape index (κ2) is 10.5. The van der Waals surface area contributed by atoms with Gasteiger partial charge in [0.05, 0.1) is 29.8 Å². The Morgan fingerprint density at radius 3 is 2.57 bits per heavy atom. The van der Waals surface area contributed by atoms with Gasteiger partial charge in [0.1, 0.15) is 11.4 Å². The van der Waals surface area contributed by atoms with Crippen molar-refractivity contribution in [2.45, 2.75) is 13.1 Å². The highest BCUT2D eigenvalue weighted by Crippen LogP contribution is 2.32. The molecule has 4 aromatic rings. The predicted molar refractivity (Wildman–Crippen MR) is 135 cm³/mol. The van der Waals surface area contributed by atoms with Gasteiger partial charge >= 0.3 is 6.18 Å². The van der Waals surface area contributed by atoms with Crippen LogP contribution in [-0.4, -0.2) is 27.6 Å². The maximum Gasteiger partial charge on any atom is 0.416 e. The zero-order chi connectivity index (χ0) is 26.6. The van der Waals surface area contributed by atoms with Gasteiger partial charge in [-0.2, -0.15) is 18.3 Å². The van der Waals surface area contributed by atoms with Gasteiger partial charge in [0.25, 0.3) is 0 Å². The van der Waals surface area contributed by atoms with Crippen molar-refractivity contribution in [2.75, 3.05) is 7.11 Å². The molecule has 37 heavy (non-hydrogen) atoms. The third-order valence-electron chi connectivity index (χ3n) is 5.23. The van der Waals surface area contributed by atoms with Gasteiger partial charge in [0.2, 0.25) is 5.43 Å². The number of aromatic nitrogens is 3. The molecule has 0 unspecified atom stereocenters. The fraction of sp³-hybridized carbons (Fsp3) is 0.111. The van der Waals surface area contributed by atoms with Crippen molar-refractivity contribution in [1.82, 2.24) is 14.8 Å². The van der Waals surface area contributed by atoms with Crippen molar-refractivity contribution in [3.05, 3.63) is 112 Å². The predicted octanol–water partition coefficient (Wildman–Crippen LogP) is 5.31. The van der Waals surface area contributed by atoms with Crippen LogP contribution in [0.4, 0.5) is 18.9 Å². The minimum absolute atomic E-state index is 0.00350. The maximum atomic E-state index is 13.2. The van der Waals surface area contributed by atoms with Crippen molar-refractivity contribution >= 4 is 11.4 Å². The SMILES string of the molecule is COc1cc(-c2ccccn2)ccc1-n1ccc(=O)c(C(C=C(C)N)=Nc2cccc(C(F)(F)F)c2)n1. The first-order valence-electron chi connectivity index (χ1n) is 11.1. The maximum absolute atomic E-state index is 13.2. The second-order valence-electron chi connectivity index (χ2n) is 8.01. The lowest BCUT2D eigenvalue weighted by Crippen LogP contribution is -2.21. The summed E-state index contributed by atoms with van der Waals surface area (Å²) < 4.78 is 46.6.